The molecule has 0 aliphatic carbocycles. The quantitative estimate of drug-likeness (QED) is 0.661. The summed E-state index contributed by atoms with van der Waals surface area (Å²) in [5.41, 5.74) is 4.95. The molecule has 2 fully saturated rings. The molecule has 1 amide bonds. The molecule has 0 saturated carbocycles. The van der Waals surface area contributed by atoms with Gasteiger partial charge in [-0.2, -0.15) is 0 Å². The summed E-state index contributed by atoms with van der Waals surface area (Å²) in [7, 11) is 1.70. The molecule has 166 valence electrons. The largest absolute Gasteiger partial charge is 0.496 e. The predicted molar refractivity (Wildman–Crippen MR) is 127 cm³/mol. The number of nitrogens with one attached hydrogen (secondary N) is 1. The van der Waals surface area contributed by atoms with E-state index in [0.29, 0.717) is 19.0 Å². The number of carbonyl (C=O) groups is 1. The van der Waals surface area contributed by atoms with E-state index in [4.69, 9.17) is 4.74 Å². The molecule has 3 aromatic rings. The van der Waals surface area contributed by atoms with E-state index >= 15 is 0 Å². The maximum absolute atomic E-state index is 13.6. The Balaban J connectivity index is 1.56. The molecule has 5 rings (SSSR count). The molecule has 0 aromatic heterocycles. The van der Waals surface area contributed by atoms with E-state index in [1.54, 1.807) is 7.11 Å². The van der Waals surface area contributed by atoms with Crippen LogP contribution in [-0.4, -0.2) is 55.8 Å². The number of hydrogen-bond donors (Lipinski definition) is 2. The highest BCUT2D eigenvalue weighted by Gasteiger charge is 2.50. The van der Waals surface area contributed by atoms with Gasteiger partial charge in [0.25, 0.3) is 5.91 Å². The number of likely N-dealkylation sites (tertiary alicyclic amines) is 1. The molecule has 0 radical (unpaired) electrons. The minimum absolute atomic E-state index is 0.0528. The minimum Gasteiger partial charge on any atom is -0.496 e. The van der Waals surface area contributed by atoms with E-state index in [9.17, 15) is 9.90 Å². The van der Waals surface area contributed by atoms with Crippen LogP contribution in [0, 0.1) is 25.2 Å². The Hall–Kier alpha value is -2.89. The van der Waals surface area contributed by atoms with Gasteiger partial charge >= 0.3 is 0 Å². The number of methoxy groups -OCH3 is 1. The lowest BCUT2D eigenvalue weighted by Crippen LogP contribution is -2.38. The standard InChI is InChI=1S/C27H30N2O3/c1-17-10-19(11-18(2)25(17)32-3)21-8-9-24(23-7-5-4-6-22(21)23)26(31)29-13-20-12-28-14-27(20,15-29)16-30/h4-11,20,28,30H,12-16H2,1-3H3/t20-,27+/m0/s1. The third kappa shape index (κ3) is 3.19. The number of aliphatic hydroxyl groups excluding tert-OH is 1. The molecule has 2 atom stereocenters. The zero-order chi connectivity index (χ0) is 22.5. The normalized spacial score (nSPS) is 22.4. The average molecular weight is 431 g/mol. The van der Waals surface area contributed by atoms with Crippen LogP contribution in [0.15, 0.2) is 48.5 Å². The van der Waals surface area contributed by atoms with Gasteiger partial charge in [0.1, 0.15) is 5.75 Å². The highest BCUT2D eigenvalue weighted by atomic mass is 16.5. The summed E-state index contributed by atoms with van der Waals surface area (Å²) in [6.45, 7) is 7.17. The van der Waals surface area contributed by atoms with Crippen LogP contribution in [0.4, 0.5) is 0 Å². The van der Waals surface area contributed by atoms with Crippen molar-refractivity contribution in [1.82, 2.24) is 10.2 Å². The zero-order valence-electron chi connectivity index (χ0n) is 18.9. The molecule has 2 heterocycles. The van der Waals surface area contributed by atoms with Crippen LogP contribution in [-0.2, 0) is 0 Å². The molecule has 2 N–H and O–H groups in total. The van der Waals surface area contributed by atoms with Gasteiger partial charge in [-0.1, -0.05) is 30.3 Å². The Labute approximate surface area is 189 Å². The smallest absolute Gasteiger partial charge is 0.254 e. The van der Waals surface area contributed by atoms with Gasteiger partial charge in [-0.15, -0.1) is 0 Å². The molecule has 3 aromatic carbocycles. The number of fused-ring (bicyclic) bond motifs is 2. The highest BCUT2D eigenvalue weighted by Crippen LogP contribution is 2.40. The number of ether oxygens (including phenoxy) is 1. The van der Waals surface area contributed by atoms with Crippen molar-refractivity contribution in [2.45, 2.75) is 13.8 Å². The Morgan fingerprint density at radius 3 is 2.53 bits per heavy atom. The Morgan fingerprint density at radius 1 is 1.16 bits per heavy atom. The fourth-order valence-corrected chi connectivity index (χ4v) is 5.74. The Kier molecular flexibility index (Phi) is 5.19. The second-order valence-corrected chi connectivity index (χ2v) is 9.38. The second kappa shape index (κ2) is 7.91. The lowest BCUT2D eigenvalue weighted by molar-refractivity contribution is 0.0747. The van der Waals surface area contributed by atoms with E-state index in [1.807, 2.05) is 29.2 Å². The van der Waals surface area contributed by atoms with Crippen LogP contribution < -0.4 is 10.1 Å². The zero-order valence-corrected chi connectivity index (χ0v) is 18.9. The third-order valence-corrected chi connectivity index (χ3v) is 7.41. The summed E-state index contributed by atoms with van der Waals surface area (Å²) >= 11 is 0. The number of rotatable bonds is 4. The maximum Gasteiger partial charge on any atom is 0.254 e. The van der Waals surface area contributed by atoms with Gasteiger partial charge < -0.3 is 20.1 Å². The van der Waals surface area contributed by atoms with Crippen LogP contribution in [0.25, 0.3) is 21.9 Å². The molecular formula is C27H30N2O3. The summed E-state index contributed by atoms with van der Waals surface area (Å²) in [6.07, 6.45) is 0. The molecule has 0 spiro atoms. The molecule has 5 heteroatoms. The number of aliphatic hydroxyl groups is 1. The van der Waals surface area contributed by atoms with Crippen molar-refractivity contribution in [3.8, 4) is 16.9 Å². The van der Waals surface area contributed by atoms with Crippen LogP contribution in [0.3, 0.4) is 0 Å². The molecule has 5 nitrogen and oxygen atoms in total. The van der Waals surface area contributed by atoms with Gasteiger partial charge in [0.15, 0.2) is 0 Å². The first-order valence-corrected chi connectivity index (χ1v) is 11.3. The number of hydrogen-bond acceptors (Lipinski definition) is 4. The van der Waals surface area contributed by atoms with Gasteiger partial charge in [-0.05, 0) is 71.0 Å². The van der Waals surface area contributed by atoms with Gasteiger partial charge in [0.05, 0.1) is 13.7 Å². The third-order valence-electron chi connectivity index (χ3n) is 7.41. The molecule has 0 unspecified atom stereocenters. The fraction of sp³-hybridized carbons (Fsp3) is 0.370. The SMILES string of the molecule is COc1c(C)cc(-c2ccc(C(=O)N3C[C@@H]4CNC[C@]4(CO)C3)c3ccccc23)cc1C. The van der Waals surface area contributed by atoms with Crippen molar-refractivity contribution >= 4 is 16.7 Å². The summed E-state index contributed by atoms with van der Waals surface area (Å²) in [6, 6.07) is 16.5. The average Bonchev–Trinajstić information content (AvgIpc) is 3.35. The van der Waals surface area contributed by atoms with Crippen molar-refractivity contribution in [2.24, 2.45) is 11.3 Å². The highest BCUT2D eigenvalue weighted by molar-refractivity contribution is 6.11. The molecule has 2 aliphatic rings. The first-order chi connectivity index (χ1) is 15.5. The first-order valence-electron chi connectivity index (χ1n) is 11.3. The van der Waals surface area contributed by atoms with E-state index in [1.165, 1.54) is 0 Å². The number of aryl methyl sites for hydroxylation is 2. The van der Waals surface area contributed by atoms with Gasteiger partial charge in [-0.3, -0.25) is 4.79 Å². The van der Waals surface area contributed by atoms with E-state index in [2.05, 4.69) is 43.4 Å². The number of amides is 1. The predicted octanol–water partition coefficient (Wildman–Crippen LogP) is 3.79. The topological polar surface area (TPSA) is 61.8 Å². The molecule has 2 saturated heterocycles. The summed E-state index contributed by atoms with van der Waals surface area (Å²) in [5.74, 6) is 1.28. The summed E-state index contributed by atoms with van der Waals surface area (Å²) in [4.78, 5) is 15.5. The van der Waals surface area contributed by atoms with Gasteiger partial charge in [0, 0.05) is 37.2 Å². The van der Waals surface area contributed by atoms with Crippen LogP contribution in [0.2, 0.25) is 0 Å². The Bertz CT molecular complexity index is 1180. The van der Waals surface area contributed by atoms with Gasteiger partial charge in [0.2, 0.25) is 0 Å². The molecule has 2 aliphatic heterocycles. The van der Waals surface area contributed by atoms with Crippen molar-refractivity contribution in [3.63, 3.8) is 0 Å². The van der Waals surface area contributed by atoms with Crippen LogP contribution in [0.5, 0.6) is 5.75 Å². The summed E-state index contributed by atoms with van der Waals surface area (Å²) in [5, 5.41) is 15.4. The van der Waals surface area contributed by atoms with E-state index < -0.39 is 0 Å². The van der Waals surface area contributed by atoms with Crippen molar-refractivity contribution in [1.29, 1.82) is 0 Å². The van der Waals surface area contributed by atoms with Crippen molar-refractivity contribution in [2.75, 3.05) is 39.9 Å². The fourth-order valence-electron chi connectivity index (χ4n) is 5.74. The van der Waals surface area contributed by atoms with E-state index in [0.717, 1.165) is 57.4 Å². The first kappa shape index (κ1) is 21.0. The van der Waals surface area contributed by atoms with E-state index in [-0.39, 0.29) is 17.9 Å². The maximum atomic E-state index is 13.6. The lowest BCUT2D eigenvalue weighted by Gasteiger charge is -2.25. The summed E-state index contributed by atoms with van der Waals surface area (Å²) < 4.78 is 5.54. The number of carbonyl (C=O) groups excluding carboxylic acids is 1. The molecule has 0 bridgehead atoms. The Morgan fingerprint density at radius 2 is 1.88 bits per heavy atom. The van der Waals surface area contributed by atoms with Crippen molar-refractivity contribution in [3.05, 3.63) is 65.2 Å². The number of nitrogens with zero attached hydrogens (tertiary/aromatic N) is 1. The molecule has 32 heavy (non-hydrogen) atoms. The molecular weight excluding hydrogens is 400 g/mol. The van der Waals surface area contributed by atoms with Gasteiger partial charge in [-0.25, -0.2) is 0 Å². The second-order valence-electron chi connectivity index (χ2n) is 9.38. The number of benzene rings is 3. The lowest BCUT2D eigenvalue weighted by atomic mass is 9.82. The van der Waals surface area contributed by atoms with Crippen LogP contribution in [0.1, 0.15) is 21.5 Å². The van der Waals surface area contributed by atoms with Crippen molar-refractivity contribution < 1.29 is 14.6 Å². The minimum atomic E-state index is -0.205. The van der Waals surface area contributed by atoms with Crippen LogP contribution >= 0.6 is 0 Å². The monoisotopic (exact) mass is 430 g/mol.